The molecule has 1 unspecified atom stereocenters. The third-order valence-corrected chi connectivity index (χ3v) is 3.04. The predicted molar refractivity (Wildman–Crippen MR) is 67.3 cm³/mol. The first-order chi connectivity index (χ1) is 7.19. The van der Waals surface area contributed by atoms with Crippen LogP contribution in [-0.2, 0) is 0 Å². The Labute approximate surface area is 103 Å². The fourth-order valence-electron chi connectivity index (χ4n) is 1.34. The van der Waals surface area contributed by atoms with Gasteiger partial charge in [-0.25, -0.2) is 0 Å². The summed E-state index contributed by atoms with van der Waals surface area (Å²) in [7, 11) is 0. The molecule has 0 spiro atoms. The van der Waals surface area contributed by atoms with E-state index in [4.69, 9.17) is 23.9 Å². The number of rotatable bonds is 4. The number of benzene rings is 1. The van der Waals surface area contributed by atoms with Gasteiger partial charge in [-0.3, -0.25) is 11.3 Å². The molecule has 80 valence electrons. The van der Waals surface area contributed by atoms with Crippen molar-refractivity contribution in [2.24, 2.45) is 5.84 Å². The SMILES string of the molecule is C#CCCC(NN)c1ccc(Cl)cc1Br. The van der Waals surface area contributed by atoms with Crippen LogP contribution in [0.25, 0.3) is 0 Å². The van der Waals surface area contributed by atoms with Crippen LogP contribution < -0.4 is 11.3 Å². The maximum absolute atomic E-state index is 5.86. The molecule has 0 saturated carbocycles. The highest BCUT2D eigenvalue weighted by atomic mass is 79.9. The fourth-order valence-corrected chi connectivity index (χ4v) is 2.30. The van der Waals surface area contributed by atoms with Crippen LogP contribution >= 0.6 is 27.5 Å². The minimum atomic E-state index is 0.0488. The van der Waals surface area contributed by atoms with Crippen molar-refractivity contribution in [2.45, 2.75) is 18.9 Å². The zero-order valence-corrected chi connectivity index (χ0v) is 10.5. The minimum Gasteiger partial charge on any atom is -0.271 e. The number of halogens is 2. The van der Waals surface area contributed by atoms with Crippen LogP contribution in [0.5, 0.6) is 0 Å². The molecule has 0 heterocycles. The molecule has 1 aromatic carbocycles. The van der Waals surface area contributed by atoms with E-state index < -0.39 is 0 Å². The van der Waals surface area contributed by atoms with E-state index in [1.165, 1.54) is 0 Å². The van der Waals surface area contributed by atoms with Gasteiger partial charge in [0, 0.05) is 22.0 Å². The highest BCUT2D eigenvalue weighted by molar-refractivity contribution is 9.10. The molecule has 0 aromatic heterocycles. The second-order valence-corrected chi connectivity index (χ2v) is 4.42. The topological polar surface area (TPSA) is 38.0 Å². The number of hydrogen-bond donors (Lipinski definition) is 2. The van der Waals surface area contributed by atoms with Gasteiger partial charge in [0.15, 0.2) is 0 Å². The second-order valence-electron chi connectivity index (χ2n) is 3.13. The Morgan fingerprint density at radius 2 is 2.33 bits per heavy atom. The third kappa shape index (κ3) is 3.51. The van der Waals surface area contributed by atoms with E-state index in [1.54, 1.807) is 0 Å². The Morgan fingerprint density at radius 3 is 2.87 bits per heavy atom. The van der Waals surface area contributed by atoms with E-state index in [9.17, 15) is 0 Å². The van der Waals surface area contributed by atoms with Gasteiger partial charge >= 0.3 is 0 Å². The van der Waals surface area contributed by atoms with Gasteiger partial charge in [-0.05, 0) is 24.1 Å². The van der Waals surface area contributed by atoms with Crippen LogP contribution in [0.2, 0.25) is 5.02 Å². The van der Waals surface area contributed by atoms with Crippen LogP contribution in [0.3, 0.4) is 0 Å². The van der Waals surface area contributed by atoms with Crippen molar-refractivity contribution in [3.8, 4) is 12.3 Å². The Bertz CT molecular complexity index is 373. The summed E-state index contributed by atoms with van der Waals surface area (Å²) >= 11 is 9.30. The molecule has 0 aliphatic rings. The summed E-state index contributed by atoms with van der Waals surface area (Å²) in [6.45, 7) is 0. The lowest BCUT2D eigenvalue weighted by molar-refractivity contribution is 0.522. The van der Waals surface area contributed by atoms with Crippen molar-refractivity contribution in [1.29, 1.82) is 0 Å². The van der Waals surface area contributed by atoms with Gasteiger partial charge in [-0.1, -0.05) is 33.6 Å². The van der Waals surface area contributed by atoms with Crippen LogP contribution in [-0.4, -0.2) is 0 Å². The van der Waals surface area contributed by atoms with Crippen molar-refractivity contribution in [2.75, 3.05) is 0 Å². The Hall–Kier alpha value is -0.530. The molecule has 15 heavy (non-hydrogen) atoms. The van der Waals surface area contributed by atoms with E-state index in [1.807, 2.05) is 18.2 Å². The molecule has 0 radical (unpaired) electrons. The van der Waals surface area contributed by atoms with E-state index in [2.05, 4.69) is 27.3 Å². The summed E-state index contributed by atoms with van der Waals surface area (Å²) in [6.07, 6.45) is 6.70. The van der Waals surface area contributed by atoms with Gasteiger partial charge in [-0.2, -0.15) is 0 Å². The molecule has 0 saturated heterocycles. The molecule has 0 bridgehead atoms. The van der Waals surface area contributed by atoms with E-state index >= 15 is 0 Å². The molecule has 4 heteroatoms. The molecule has 3 N–H and O–H groups in total. The minimum absolute atomic E-state index is 0.0488. The van der Waals surface area contributed by atoms with Crippen LogP contribution in [0, 0.1) is 12.3 Å². The van der Waals surface area contributed by atoms with Gasteiger partial charge in [-0.15, -0.1) is 12.3 Å². The summed E-state index contributed by atoms with van der Waals surface area (Å²) in [5, 5.41) is 0.693. The number of hydrogen-bond acceptors (Lipinski definition) is 2. The predicted octanol–water partition coefficient (Wildman–Crippen LogP) is 3.02. The summed E-state index contributed by atoms with van der Waals surface area (Å²) in [5.41, 5.74) is 3.81. The monoisotopic (exact) mass is 286 g/mol. The second kappa shape index (κ2) is 6.14. The van der Waals surface area contributed by atoms with E-state index in [-0.39, 0.29) is 6.04 Å². The number of nitrogens with one attached hydrogen (secondary N) is 1. The maximum atomic E-state index is 5.86. The lowest BCUT2D eigenvalue weighted by Gasteiger charge is -2.16. The van der Waals surface area contributed by atoms with Gasteiger partial charge in [0.05, 0.1) is 0 Å². The largest absolute Gasteiger partial charge is 0.271 e. The standard InChI is InChI=1S/C11H12BrClN2/c1-2-3-4-11(15-14)9-6-5-8(13)7-10(9)12/h1,5-7,11,15H,3-4,14H2. The molecule has 0 amide bonds. The van der Waals surface area contributed by atoms with Crippen LogP contribution in [0.15, 0.2) is 22.7 Å². The average Bonchev–Trinajstić information content (AvgIpc) is 2.21. The average molecular weight is 288 g/mol. The highest BCUT2D eigenvalue weighted by Gasteiger charge is 2.12. The Balaban J connectivity index is 2.87. The summed E-state index contributed by atoms with van der Waals surface area (Å²) in [5.74, 6) is 8.08. The summed E-state index contributed by atoms with van der Waals surface area (Å²) < 4.78 is 0.940. The first-order valence-corrected chi connectivity index (χ1v) is 5.70. The Morgan fingerprint density at radius 1 is 1.60 bits per heavy atom. The van der Waals surface area contributed by atoms with Gasteiger partial charge < -0.3 is 0 Å². The molecule has 1 atom stereocenters. The van der Waals surface area contributed by atoms with Gasteiger partial charge in [0.2, 0.25) is 0 Å². The molecule has 1 rings (SSSR count). The molecule has 1 aromatic rings. The van der Waals surface area contributed by atoms with E-state index in [0.717, 1.165) is 16.5 Å². The number of nitrogens with two attached hydrogens (primary N) is 1. The first kappa shape index (κ1) is 12.5. The zero-order chi connectivity index (χ0) is 11.3. The lowest BCUT2D eigenvalue weighted by atomic mass is 10.0. The molecule has 0 aliphatic heterocycles. The quantitative estimate of drug-likeness (QED) is 0.507. The van der Waals surface area contributed by atoms with Crippen LogP contribution in [0.4, 0.5) is 0 Å². The molecule has 2 nitrogen and oxygen atoms in total. The van der Waals surface area contributed by atoms with Gasteiger partial charge in [0.25, 0.3) is 0 Å². The molecular formula is C11H12BrClN2. The van der Waals surface area contributed by atoms with Gasteiger partial charge in [0.1, 0.15) is 0 Å². The highest BCUT2D eigenvalue weighted by Crippen LogP contribution is 2.28. The maximum Gasteiger partial charge on any atom is 0.0480 e. The summed E-state index contributed by atoms with van der Waals surface area (Å²) in [4.78, 5) is 0. The smallest absolute Gasteiger partial charge is 0.0480 e. The first-order valence-electron chi connectivity index (χ1n) is 4.53. The molecule has 0 fully saturated rings. The Kier molecular flexibility index (Phi) is 5.13. The van der Waals surface area contributed by atoms with Crippen molar-refractivity contribution >= 4 is 27.5 Å². The third-order valence-electron chi connectivity index (χ3n) is 2.12. The summed E-state index contributed by atoms with van der Waals surface area (Å²) in [6, 6.07) is 5.67. The van der Waals surface area contributed by atoms with Crippen molar-refractivity contribution in [3.05, 3.63) is 33.3 Å². The number of terminal acetylenes is 1. The number of hydrazine groups is 1. The molecular weight excluding hydrogens is 275 g/mol. The van der Waals surface area contributed by atoms with Crippen molar-refractivity contribution in [3.63, 3.8) is 0 Å². The van der Waals surface area contributed by atoms with Crippen molar-refractivity contribution in [1.82, 2.24) is 5.43 Å². The fraction of sp³-hybridized carbons (Fsp3) is 0.273. The normalized spacial score (nSPS) is 12.1. The van der Waals surface area contributed by atoms with Crippen LogP contribution in [0.1, 0.15) is 24.4 Å². The van der Waals surface area contributed by atoms with E-state index in [0.29, 0.717) is 11.4 Å². The molecule has 0 aliphatic carbocycles. The van der Waals surface area contributed by atoms with Crippen molar-refractivity contribution < 1.29 is 0 Å². The lowest BCUT2D eigenvalue weighted by Crippen LogP contribution is -2.28. The zero-order valence-electron chi connectivity index (χ0n) is 8.13.